The first-order chi connectivity index (χ1) is 24.4. The van der Waals surface area contributed by atoms with Crippen LogP contribution in [0.15, 0.2) is 95.7 Å². The summed E-state index contributed by atoms with van der Waals surface area (Å²) in [5.74, 6) is -3.06. The van der Waals surface area contributed by atoms with Gasteiger partial charge in [0.25, 0.3) is 11.8 Å². The van der Waals surface area contributed by atoms with Crippen molar-refractivity contribution >= 4 is 103 Å². The summed E-state index contributed by atoms with van der Waals surface area (Å²) < 4.78 is 5.60. The van der Waals surface area contributed by atoms with E-state index in [1.165, 1.54) is 12.1 Å². The molecule has 0 aliphatic carbocycles. The predicted molar refractivity (Wildman–Crippen MR) is 208 cm³/mol. The van der Waals surface area contributed by atoms with E-state index in [0.717, 1.165) is 33.8 Å². The van der Waals surface area contributed by atoms with Crippen LogP contribution >= 0.6 is 69.1 Å². The van der Waals surface area contributed by atoms with Crippen LogP contribution in [0.4, 0.5) is 10.0 Å². The topological polar surface area (TPSA) is 102 Å². The van der Waals surface area contributed by atoms with E-state index in [-0.39, 0.29) is 31.7 Å². The van der Waals surface area contributed by atoms with Crippen LogP contribution < -0.4 is 10.6 Å². The number of carbonyl (C=O) groups excluding carboxylic acids is 4. The minimum atomic E-state index is -1.04. The molecule has 0 saturated heterocycles. The van der Waals surface area contributed by atoms with E-state index in [0.29, 0.717) is 42.9 Å². The van der Waals surface area contributed by atoms with Gasteiger partial charge in [0.1, 0.15) is 21.1 Å². The van der Waals surface area contributed by atoms with Crippen molar-refractivity contribution in [3.05, 3.63) is 149 Å². The lowest BCUT2D eigenvalue weighted by atomic mass is 9.99. The first-order valence-corrected chi connectivity index (χ1v) is 18.3. The fourth-order valence-corrected chi connectivity index (χ4v) is 7.50. The van der Waals surface area contributed by atoms with Crippen LogP contribution in [-0.2, 0) is 4.74 Å². The molecule has 256 valence electrons. The summed E-state index contributed by atoms with van der Waals surface area (Å²) in [6.45, 7) is 3.91. The van der Waals surface area contributed by atoms with E-state index in [1.54, 1.807) is 65.4 Å². The highest BCUT2D eigenvalue weighted by molar-refractivity contribution is 7.15. The number of hydrogen-bond donors (Lipinski definition) is 2. The maximum Gasteiger partial charge on any atom is 0.349 e. The van der Waals surface area contributed by atoms with E-state index in [2.05, 4.69) is 10.6 Å². The normalized spacial score (nSPS) is 10.9. The Morgan fingerprint density at radius 1 is 0.549 bits per heavy atom. The fraction of sp³-hybridized carbons (Fsp3) is 0.0526. The van der Waals surface area contributed by atoms with Crippen molar-refractivity contribution < 1.29 is 23.9 Å². The van der Waals surface area contributed by atoms with E-state index in [1.807, 2.05) is 32.0 Å². The van der Waals surface area contributed by atoms with Crippen molar-refractivity contribution in [2.24, 2.45) is 0 Å². The van der Waals surface area contributed by atoms with Gasteiger partial charge in [0.05, 0.1) is 10.0 Å². The van der Waals surface area contributed by atoms with Crippen molar-refractivity contribution in [1.82, 2.24) is 0 Å². The Kier molecular flexibility index (Phi) is 11.0. The molecule has 0 aliphatic heterocycles. The number of esters is 2. The van der Waals surface area contributed by atoms with E-state index in [9.17, 15) is 19.2 Å². The standard InChI is InChI=1S/C38H24Cl4N2O5S2/c1-19-3-4-23(15-20(19)2)27-17-50-35(43-33(45)21-5-10-25(39)11-6-21)31(27)37(47)49-38(48)32-28(24-9-14-29(41)30(42)16-24)18-51-36(32)44-34(46)22-7-12-26(40)13-8-22/h3-18H,1-2H3,(H,43,45)(H,44,46). The highest BCUT2D eigenvalue weighted by Gasteiger charge is 2.30. The van der Waals surface area contributed by atoms with Gasteiger partial charge >= 0.3 is 11.9 Å². The highest BCUT2D eigenvalue weighted by Crippen LogP contribution is 2.41. The maximum absolute atomic E-state index is 14.1. The van der Waals surface area contributed by atoms with Gasteiger partial charge in [-0.05, 0) is 96.8 Å². The number of nitrogens with one attached hydrogen (secondary N) is 2. The van der Waals surface area contributed by atoms with Crippen molar-refractivity contribution in [3.63, 3.8) is 0 Å². The third-order valence-corrected chi connectivity index (χ3v) is 10.9. The number of halogens is 4. The molecule has 2 amide bonds. The molecule has 13 heteroatoms. The molecule has 2 heterocycles. The Morgan fingerprint density at radius 3 is 1.45 bits per heavy atom. The Balaban J connectivity index is 1.39. The molecule has 4 aromatic carbocycles. The maximum atomic E-state index is 14.1. The third kappa shape index (κ3) is 8.05. The van der Waals surface area contributed by atoms with Gasteiger partial charge in [-0.1, -0.05) is 70.7 Å². The third-order valence-electron chi connectivity index (χ3n) is 7.89. The zero-order valence-corrected chi connectivity index (χ0v) is 31.3. The number of ether oxygens (including phenoxy) is 1. The van der Waals surface area contributed by atoms with Crippen molar-refractivity contribution in [1.29, 1.82) is 0 Å². The summed E-state index contributed by atoms with van der Waals surface area (Å²) in [6, 6.07) is 22.9. The number of aryl methyl sites for hydroxylation is 2. The van der Waals surface area contributed by atoms with Gasteiger partial charge in [-0.25, -0.2) is 9.59 Å². The number of anilines is 2. The Morgan fingerprint density at radius 2 is 1.00 bits per heavy atom. The van der Waals surface area contributed by atoms with Crippen molar-refractivity contribution in [3.8, 4) is 22.3 Å². The first-order valence-electron chi connectivity index (χ1n) is 15.1. The van der Waals surface area contributed by atoms with Crippen molar-refractivity contribution in [2.75, 3.05) is 10.6 Å². The van der Waals surface area contributed by atoms with Gasteiger partial charge in [-0.2, -0.15) is 0 Å². The molecule has 6 aromatic rings. The second-order valence-corrected chi connectivity index (χ2v) is 14.7. The summed E-state index contributed by atoms with van der Waals surface area (Å²) in [4.78, 5) is 54.7. The Bertz CT molecular complexity index is 2170. The molecule has 6 rings (SSSR count). The van der Waals surface area contributed by atoms with Crippen LogP contribution in [0, 0.1) is 13.8 Å². The predicted octanol–water partition coefficient (Wildman–Crippen LogP) is 11.9. The lowest BCUT2D eigenvalue weighted by molar-refractivity contribution is 0.0401. The van der Waals surface area contributed by atoms with Crippen molar-refractivity contribution in [2.45, 2.75) is 13.8 Å². The monoisotopic (exact) mass is 792 g/mol. The van der Waals surface area contributed by atoms with Crippen LogP contribution in [0.2, 0.25) is 20.1 Å². The van der Waals surface area contributed by atoms with E-state index in [4.69, 9.17) is 51.1 Å². The van der Waals surface area contributed by atoms with Crippen LogP contribution in [0.25, 0.3) is 22.3 Å². The SMILES string of the molecule is Cc1ccc(-c2csc(NC(=O)c3ccc(Cl)cc3)c2C(=O)OC(=O)c2c(-c3ccc(Cl)c(Cl)c3)csc2NC(=O)c2ccc(Cl)cc2)cc1C. The molecule has 51 heavy (non-hydrogen) atoms. The summed E-state index contributed by atoms with van der Waals surface area (Å²) in [5, 5.41) is 10.7. The van der Waals surface area contributed by atoms with Crippen LogP contribution in [0.3, 0.4) is 0 Å². The summed E-state index contributed by atoms with van der Waals surface area (Å²) in [5.41, 5.74) is 4.51. The molecule has 0 aliphatic rings. The molecule has 2 N–H and O–H groups in total. The number of thiophene rings is 2. The number of hydrogen-bond acceptors (Lipinski definition) is 7. The van der Waals surface area contributed by atoms with Crippen LogP contribution in [0.5, 0.6) is 0 Å². The zero-order chi connectivity index (χ0) is 36.4. The second-order valence-electron chi connectivity index (χ2n) is 11.2. The molecule has 0 unspecified atom stereocenters. The van der Waals surface area contributed by atoms with E-state index >= 15 is 0 Å². The highest BCUT2D eigenvalue weighted by atomic mass is 35.5. The fourth-order valence-electron chi connectivity index (χ4n) is 5.04. The molecule has 0 saturated carbocycles. The lowest BCUT2D eigenvalue weighted by Crippen LogP contribution is -2.19. The number of rotatable bonds is 8. The Hall–Kier alpha value is -4.48. The first kappa shape index (κ1) is 36.3. The minimum absolute atomic E-state index is 0.0167. The summed E-state index contributed by atoms with van der Waals surface area (Å²) in [7, 11) is 0. The van der Waals surface area contributed by atoms with Crippen LogP contribution in [0.1, 0.15) is 52.6 Å². The van der Waals surface area contributed by atoms with Gasteiger partial charge in [0, 0.05) is 43.1 Å². The average molecular weight is 795 g/mol. The van der Waals surface area contributed by atoms with Gasteiger partial charge in [-0.3, -0.25) is 9.59 Å². The average Bonchev–Trinajstić information content (AvgIpc) is 3.72. The van der Waals surface area contributed by atoms with Gasteiger partial charge in [0.2, 0.25) is 0 Å². The minimum Gasteiger partial charge on any atom is -0.386 e. The molecule has 0 spiro atoms. The largest absolute Gasteiger partial charge is 0.386 e. The molecular weight excluding hydrogens is 770 g/mol. The lowest BCUT2D eigenvalue weighted by Gasteiger charge is -2.12. The molecule has 2 aromatic heterocycles. The molecule has 0 fully saturated rings. The summed E-state index contributed by atoms with van der Waals surface area (Å²) >= 11 is 26.7. The molecule has 7 nitrogen and oxygen atoms in total. The number of benzene rings is 4. The summed E-state index contributed by atoms with van der Waals surface area (Å²) in [6.07, 6.45) is 0. The molecule has 0 bridgehead atoms. The number of carbonyl (C=O) groups is 4. The smallest absolute Gasteiger partial charge is 0.349 e. The van der Waals surface area contributed by atoms with Crippen LogP contribution in [-0.4, -0.2) is 23.8 Å². The quantitative estimate of drug-likeness (QED) is 0.118. The van der Waals surface area contributed by atoms with Gasteiger partial charge in [0.15, 0.2) is 0 Å². The Labute approximate surface area is 320 Å². The van der Waals surface area contributed by atoms with E-state index < -0.39 is 23.8 Å². The van der Waals surface area contributed by atoms with Gasteiger partial charge < -0.3 is 15.4 Å². The number of amides is 2. The molecule has 0 atom stereocenters. The zero-order valence-electron chi connectivity index (χ0n) is 26.6. The molecular formula is C38H24Cl4N2O5S2. The van der Waals surface area contributed by atoms with Gasteiger partial charge in [-0.15, -0.1) is 22.7 Å². The second kappa shape index (κ2) is 15.4. The molecule has 0 radical (unpaired) electrons.